The van der Waals surface area contributed by atoms with Crippen molar-refractivity contribution < 1.29 is 10.2 Å². The number of rotatable bonds is 4. The Morgan fingerprint density at radius 3 is 3.06 bits per heavy atom. The molecule has 8 nitrogen and oxygen atoms in total. The maximum Gasteiger partial charge on any atom is 0.302 e. The molecule has 0 saturated heterocycles. The highest BCUT2D eigenvalue weighted by atomic mass is 16.3. The van der Waals surface area contributed by atoms with Crippen molar-refractivity contribution in [3.05, 3.63) is 16.7 Å². The first kappa shape index (κ1) is 11.6. The molecule has 1 unspecified atom stereocenters. The van der Waals surface area contributed by atoms with Gasteiger partial charge in [0.05, 0.1) is 19.0 Å². The first-order chi connectivity index (χ1) is 8.13. The van der Waals surface area contributed by atoms with E-state index in [2.05, 4.69) is 15.0 Å². The summed E-state index contributed by atoms with van der Waals surface area (Å²) in [4.78, 5) is 21.7. The molecular formula is C9H13N5O3. The molecule has 17 heavy (non-hydrogen) atoms. The van der Waals surface area contributed by atoms with Crippen LogP contribution in [0.3, 0.4) is 0 Å². The van der Waals surface area contributed by atoms with Crippen LogP contribution in [0.5, 0.6) is 0 Å². The maximum absolute atomic E-state index is 11.4. The van der Waals surface area contributed by atoms with Gasteiger partial charge in [0, 0.05) is 6.54 Å². The normalized spacial score (nSPS) is 13.1. The highest BCUT2D eigenvalue weighted by molar-refractivity contribution is 5.70. The minimum absolute atomic E-state index is 0.0527. The minimum Gasteiger partial charge on any atom is -0.394 e. The molecule has 92 valence electrons. The van der Waals surface area contributed by atoms with Gasteiger partial charge in [-0.1, -0.05) is 0 Å². The molecule has 2 aromatic heterocycles. The Morgan fingerprint density at radius 2 is 2.35 bits per heavy atom. The second kappa shape index (κ2) is 4.52. The molecule has 0 amide bonds. The third-order valence-corrected chi connectivity index (χ3v) is 2.48. The van der Waals surface area contributed by atoms with E-state index in [1.54, 1.807) is 4.57 Å². The molecular weight excluding hydrogens is 226 g/mol. The summed E-state index contributed by atoms with van der Waals surface area (Å²) >= 11 is 0. The van der Waals surface area contributed by atoms with Crippen LogP contribution in [-0.2, 0) is 6.54 Å². The zero-order valence-corrected chi connectivity index (χ0v) is 9.00. The quantitative estimate of drug-likeness (QED) is 0.510. The third kappa shape index (κ3) is 2.12. The SMILES string of the molecule is Nc1nc(=O)c2nc[nH]c2n1CCC(O)CO. The van der Waals surface area contributed by atoms with Crippen LogP contribution in [-0.4, -0.2) is 42.4 Å². The van der Waals surface area contributed by atoms with Gasteiger partial charge in [-0.2, -0.15) is 4.98 Å². The molecule has 2 heterocycles. The number of anilines is 1. The van der Waals surface area contributed by atoms with E-state index in [9.17, 15) is 9.90 Å². The second-order valence-electron chi connectivity index (χ2n) is 3.65. The molecule has 2 rings (SSSR count). The second-order valence-corrected chi connectivity index (χ2v) is 3.65. The first-order valence-electron chi connectivity index (χ1n) is 5.11. The maximum atomic E-state index is 11.4. The van der Waals surface area contributed by atoms with Gasteiger partial charge < -0.3 is 20.9 Å². The van der Waals surface area contributed by atoms with Crippen molar-refractivity contribution in [1.82, 2.24) is 19.5 Å². The van der Waals surface area contributed by atoms with E-state index in [-0.39, 0.29) is 18.1 Å². The molecule has 0 spiro atoms. The number of fused-ring (bicyclic) bond motifs is 1. The van der Waals surface area contributed by atoms with Gasteiger partial charge in [0.15, 0.2) is 5.52 Å². The van der Waals surface area contributed by atoms with Gasteiger partial charge in [0.2, 0.25) is 5.95 Å². The van der Waals surface area contributed by atoms with Crippen molar-refractivity contribution >= 4 is 17.1 Å². The van der Waals surface area contributed by atoms with Crippen LogP contribution >= 0.6 is 0 Å². The Hall–Kier alpha value is -1.93. The van der Waals surface area contributed by atoms with Gasteiger partial charge in [-0.15, -0.1) is 0 Å². The lowest BCUT2D eigenvalue weighted by Crippen LogP contribution is -2.21. The highest BCUT2D eigenvalue weighted by Gasteiger charge is 2.11. The van der Waals surface area contributed by atoms with Gasteiger partial charge in [-0.05, 0) is 6.42 Å². The standard InChI is InChI=1S/C9H13N5O3/c10-9-13-8(17)6-7(12-4-11-6)14(9)2-1-5(16)3-15/h4-5,15-16H,1-3H2,(H,11,12)(H2,10,13,17). The average molecular weight is 239 g/mol. The van der Waals surface area contributed by atoms with Gasteiger partial charge in [-0.3, -0.25) is 9.36 Å². The number of nitrogens with zero attached hydrogens (tertiary/aromatic N) is 3. The van der Waals surface area contributed by atoms with Crippen molar-refractivity contribution in [3.8, 4) is 0 Å². The number of aliphatic hydroxyl groups is 2. The Kier molecular flexibility index (Phi) is 3.07. The lowest BCUT2D eigenvalue weighted by Gasteiger charge is -2.12. The van der Waals surface area contributed by atoms with Crippen molar-refractivity contribution in [2.75, 3.05) is 12.3 Å². The molecule has 2 aromatic rings. The molecule has 1 atom stereocenters. The summed E-state index contributed by atoms with van der Waals surface area (Å²) in [6.45, 7) is 0.0131. The van der Waals surface area contributed by atoms with Crippen LogP contribution in [0.1, 0.15) is 6.42 Å². The average Bonchev–Trinajstić information content (AvgIpc) is 2.77. The molecule has 8 heteroatoms. The fourth-order valence-electron chi connectivity index (χ4n) is 1.58. The summed E-state index contributed by atoms with van der Waals surface area (Å²) in [7, 11) is 0. The molecule has 0 radical (unpaired) electrons. The third-order valence-electron chi connectivity index (χ3n) is 2.48. The number of nitrogen functional groups attached to an aromatic ring is 1. The number of hydrogen-bond acceptors (Lipinski definition) is 6. The fourth-order valence-corrected chi connectivity index (χ4v) is 1.58. The number of aromatic amines is 1. The number of aliphatic hydroxyl groups excluding tert-OH is 2. The zero-order valence-electron chi connectivity index (χ0n) is 9.00. The highest BCUT2D eigenvalue weighted by Crippen LogP contribution is 2.09. The molecule has 0 aromatic carbocycles. The van der Waals surface area contributed by atoms with E-state index in [4.69, 9.17) is 10.8 Å². The number of nitrogens with one attached hydrogen (secondary N) is 1. The van der Waals surface area contributed by atoms with Gasteiger partial charge in [-0.25, -0.2) is 4.98 Å². The predicted octanol–water partition coefficient (Wildman–Crippen LogP) is -1.55. The van der Waals surface area contributed by atoms with Crippen LogP contribution in [0, 0.1) is 0 Å². The summed E-state index contributed by atoms with van der Waals surface area (Å²) in [5.41, 5.74) is 5.82. The van der Waals surface area contributed by atoms with Gasteiger partial charge >= 0.3 is 5.56 Å². The molecule has 0 fully saturated rings. The number of hydrogen-bond donors (Lipinski definition) is 4. The molecule has 0 saturated carbocycles. The summed E-state index contributed by atoms with van der Waals surface area (Å²) in [6.07, 6.45) is 0.859. The summed E-state index contributed by atoms with van der Waals surface area (Å²) in [5, 5.41) is 18.0. The summed E-state index contributed by atoms with van der Waals surface area (Å²) in [6, 6.07) is 0. The number of aromatic nitrogens is 4. The number of nitrogens with two attached hydrogens (primary N) is 1. The van der Waals surface area contributed by atoms with Gasteiger partial charge in [0.25, 0.3) is 0 Å². The monoisotopic (exact) mass is 239 g/mol. The van der Waals surface area contributed by atoms with E-state index in [1.807, 2.05) is 0 Å². The van der Waals surface area contributed by atoms with Crippen LogP contribution in [0.15, 0.2) is 11.1 Å². The molecule has 0 aliphatic carbocycles. The van der Waals surface area contributed by atoms with E-state index in [0.29, 0.717) is 18.6 Å². The molecule has 5 N–H and O–H groups in total. The van der Waals surface area contributed by atoms with Crippen molar-refractivity contribution in [2.24, 2.45) is 0 Å². The Balaban J connectivity index is 2.39. The molecule has 0 bridgehead atoms. The largest absolute Gasteiger partial charge is 0.394 e. The number of imidazole rings is 1. The topological polar surface area (TPSA) is 130 Å². The first-order valence-corrected chi connectivity index (χ1v) is 5.11. The van der Waals surface area contributed by atoms with Crippen LogP contribution in [0.25, 0.3) is 11.2 Å². The predicted molar refractivity (Wildman–Crippen MR) is 60.3 cm³/mol. The minimum atomic E-state index is -0.827. The summed E-state index contributed by atoms with van der Waals surface area (Å²) in [5.74, 6) is 0.0527. The van der Waals surface area contributed by atoms with Crippen molar-refractivity contribution in [1.29, 1.82) is 0 Å². The van der Waals surface area contributed by atoms with E-state index in [1.165, 1.54) is 6.33 Å². The molecule has 0 aliphatic heterocycles. The Morgan fingerprint density at radius 1 is 1.59 bits per heavy atom. The van der Waals surface area contributed by atoms with Crippen LogP contribution < -0.4 is 11.3 Å². The molecule has 0 aliphatic rings. The number of aryl methyl sites for hydroxylation is 1. The van der Waals surface area contributed by atoms with E-state index >= 15 is 0 Å². The van der Waals surface area contributed by atoms with Crippen molar-refractivity contribution in [3.63, 3.8) is 0 Å². The van der Waals surface area contributed by atoms with E-state index < -0.39 is 11.7 Å². The number of H-pyrrole nitrogens is 1. The van der Waals surface area contributed by atoms with Crippen LogP contribution in [0.4, 0.5) is 5.95 Å². The lowest BCUT2D eigenvalue weighted by atomic mass is 10.2. The van der Waals surface area contributed by atoms with E-state index in [0.717, 1.165) is 0 Å². The van der Waals surface area contributed by atoms with Crippen molar-refractivity contribution in [2.45, 2.75) is 19.1 Å². The lowest BCUT2D eigenvalue weighted by molar-refractivity contribution is 0.0849. The Bertz CT molecular complexity index is 576. The van der Waals surface area contributed by atoms with Crippen LogP contribution in [0.2, 0.25) is 0 Å². The summed E-state index contributed by atoms with van der Waals surface area (Å²) < 4.78 is 1.54. The fraction of sp³-hybridized carbons (Fsp3) is 0.444. The zero-order chi connectivity index (χ0) is 12.4. The van der Waals surface area contributed by atoms with Gasteiger partial charge in [0.1, 0.15) is 5.65 Å². The Labute approximate surface area is 95.7 Å². The smallest absolute Gasteiger partial charge is 0.302 e.